The lowest BCUT2D eigenvalue weighted by Gasteiger charge is -2.20. The highest BCUT2D eigenvalue weighted by Crippen LogP contribution is 2.22. The van der Waals surface area contributed by atoms with E-state index in [4.69, 9.17) is 23.2 Å². The molecule has 0 saturated carbocycles. The normalized spacial score (nSPS) is 10.2. The molecule has 0 fully saturated rings. The van der Waals surface area contributed by atoms with Crippen molar-refractivity contribution in [2.24, 2.45) is 0 Å². The maximum atomic E-state index is 12.3. The number of hydrogen-bond donors (Lipinski definition) is 1. The molecule has 2 rings (SSSR count). The van der Waals surface area contributed by atoms with Crippen LogP contribution in [0.15, 0.2) is 48.4 Å². The van der Waals surface area contributed by atoms with Gasteiger partial charge in [0, 0.05) is 17.0 Å². The van der Waals surface area contributed by atoms with Gasteiger partial charge in [-0.1, -0.05) is 35.3 Å². The third-order valence-corrected chi connectivity index (χ3v) is 4.81. The van der Waals surface area contributed by atoms with Gasteiger partial charge in [-0.3, -0.25) is 9.59 Å². The Morgan fingerprint density at radius 1 is 1.25 bits per heavy atom. The Labute approximate surface area is 154 Å². The smallest absolute Gasteiger partial charge is 0.251 e. The summed E-state index contributed by atoms with van der Waals surface area (Å²) in [5.74, 6) is -0.562. The highest BCUT2D eigenvalue weighted by atomic mass is 35.5. The van der Waals surface area contributed by atoms with Crippen LogP contribution in [0.3, 0.4) is 0 Å². The Morgan fingerprint density at radius 2 is 2.04 bits per heavy atom. The SMILES string of the molecule is C=CCN(Cc1cccs1)C(=O)CNC(=O)c1ccc(Cl)c(Cl)c1. The number of rotatable bonds is 7. The van der Waals surface area contributed by atoms with Gasteiger partial charge in [0.15, 0.2) is 0 Å². The molecule has 0 aliphatic rings. The fourth-order valence-corrected chi connectivity index (χ4v) is 3.03. The average molecular weight is 383 g/mol. The summed E-state index contributed by atoms with van der Waals surface area (Å²) in [6, 6.07) is 8.46. The summed E-state index contributed by atoms with van der Waals surface area (Å²) in [7, 11) is 0. The molecule has 7 heteroatoms. The minimum absolute atomic E-state index is 0.0989. The van der Waals surface area contributed by atoms with Crippen molar-refractivity contribution in [3.63, 3.8) is 0 Å². The van der Waals surface area contributed by atoms with Gasteiger partial charge in [0.05, 0.1) is 23.1 Å². The maximum absolute atomic E-state index is 12.3. The molecule has 1 N–H and O–H groups in total. The Balaban J connectivity index is 1.95. The van der Waals surface area contributed by atoms with Crippen LogP contribution >= 0.6 is 34.5 Å². The van der Waals surface area contributed by atoms with E-state index in [9.17, 15) is 9.59 Å². The molecule has 0 aliphatic carbocycles. The zero-order valence-electron chi connectivity index (χ0n) is 12.8. The minimum Gasteiger partial charge on any atom is -0.343 e. The predicted octanol–water partition coefficient (Wildman–Crippen LogP) is 4.00. The van der Waals surface area contributed by atoms with Crippen molar-refractivity contribution in [1.82, 2.24) is 10.2 Å². The first kappa shape index (κ1) is 18.5. The first-order chi connectivity index (χ1) is 11.5. The number of hydrogen-bond acceptors (Lipinski definition) is 3. The van der Waals surface area contributed by atoms with Crippen LogP contribution in [-0.2, 0) is 11.3 Å². The van der Waals surface area contributed by atoms with Crippen molar-refractivity contribution in [1.29, 1.82) is 0 Å². The summed E-state index contributed by atoms with van der Waals surface area (Å²) in [6.07, 6.45) is 1.66. The van der Waals surface area contributed by atoms with Gasteiger partial charge in [-0.25, -0.2) is 0 Å². The summed E-state index contributed by atoms with van der Waals surface area (Å²) < 4.78 is 0. The van der Waals surface area contributed by atoms with Crippen molar-refractivity contribution in [3.05, 3.63) is 68.9 Å². The molecule has 1 heterocycles. The molecule has 4 nitrogen and oxygen atoms in total. The molecule has 0 unspecified atom stereocenters. The van der Waals surface area contributed by atoms with Crippen LogP contribution in [0.25, 0.3) is 0 Å². The second kappa shape index (κ2) is 8.87. The van der Waals surface area contributed by atoms with Crippen molar-refractivity contribution in [3.8, 4) is 0 Å². The Morgan fingerprint density at radius 3 is 2.67 bits per heavy atom. The number of carbonyl (C=O) groups excluding carboxylic acids is 2. The zero-order chi connectivity index (χ0) is 17.5. The Hall–Kier alpha value is -1.82. The van der Waals surface area contributed by atoms with Crippen LogP contribution in [-0.4, -0.2) is 29.8 Å². The van der Waals surface area contributed by atoms with Crippen LogP contribution in [0.4, 0.5) is 0 Å². The summed E-state index contributed by atoms with van der Waals surface area (Å²) in [5.41, 5.74) is 0.353. The van der Waals surface area contributed by atoms with E-state index >= 15 is 0 Å². The fourth-order valence-electron chi connectivity index (χ4n) is 2.01. The fraction of sp³-hybridized carbons (Fsp3) is 0.176. The molecule has 2 aromatic rings. The summed E-state index contributed by atoms with van der Waals surface area (Å²) in [5, 5.41) is 5.22. The van der Waals surface area contributed by atoms with Crippen LogP contribution in [0.2, 0.25) is 10.0 Å². The van der Waals surface area contributed by atoms with Gasteiger partial charge in [0.25, 0.3) is 5.91 Å². The molecule has 1 aromatic carbocycles. The number of amides is 2. The van der Waals surface area contributed by atoms with Gasteiger partial charge in [-0.15, -0.1) is 17.9 Å². The average Bonchev–Trinajstić information content (AvgIpc) is 3.07. The minimum atomic E-state index is -0.378. The van der Waals surface area contributed by atoms with Crippen LogP contribution < -0.4 is 5.32 Å². The number of benzene rings is 1. The maximum Gasteiger partial charge on any atom is 0.251 e. The van der Waals surface area contributed by atoms with Crippen molar-refractivity contribution in [2.45, 2.75) is 6.54 Å². The van der Waals surface area contributed by atoms with Gasteiger partial charge in [-0.2, -0.15) is 0 Å². The predicted molar refractivity (Wildman–Crippen MR) is 98.7 cm³/mol. The molecule has 2 amide bonds. The third-order valence-electron chi connectivity index (χ3n) is 3.21. The van der Waals surface area contributed by atoms with Crippen LogP contribution in [0, 0.1) is 0 Å². The highest BCUT2D eigenvalue weighted by molar-refractivity contribution is 7.09. The zero-order valence-corrected chi connectivity index (χ0v) is 15.1. The van der Waals surface area contributed by atoms with Gasteiger partial charge in [0.1, 0.15) is 0 Å². The lowest BCUT2D eigenvalue weighted by Crippen LogP contribution is -2.39. The highest BCUT2D eigenvalue weighted by Gasteiger charge is 2.15. The quantitative estimate of drug-likeness (QED) is 0.735. The number of nitrogens with zero attached hydrogens (tertiary/aromatic N) is 1. The van der Waals surface area contributed by atoms with Crippen molar-refractivity contribution < 1.29 is 9.59 Å². The Bertz CT molecular complexity index is 732. The van der Waals surface area contributed by atoms with E-state index < -0.39 is 0 Å². The van der Waals surface area contributed by atoms with Crippen LogP contribution in [0.5, 0.6) is 0 Å². The number of halogens is 2. The number of nitrogens with one attached hydrogen (secondary N) is 1. The molecule has 0 aliphatic heterocycles. The summed E-state index contributed by atoms with van der Waals surface area (Å²) >= 11 is 13.3. The monoisotopic (exact) mass is 382 g/mol. The second-order valence-electron chi connectivity index (χ2n) is 4.95. The molecule has 0 spiro atoms. The molecular formula is C17H16Cl2N2O2S. The topological polar surface area (TPSA) is 49.4 Å². The van der Waals surface area contributed by atoms with Crippen molar-refractivity contribution in [2.75, 3.05) is 13.1 Å². The van der Waals surface area contributed by atoms with E-state index in [1.54, 1.807) is 34.4 Å². The van der Waals surface area contributed by atoms with E-state index in [2.05, 4.69) is 11.9 Å². The molecule has 0 radical (unpaired) electrons. The van der Waals surface area contributed by atoms with Gasteiger partial charge in [-0.05, 0) is 29.6 Å². The van der Waals surface area contributed by atoms with E-state index in [-0.39, 0.29) is 18.4 Å². The molecule has 0 bridgehead atoms. The van der Waals surface area contributed by atoms with Gasteiger partial charge < -0.3 is 10.2 Å². The standard InChI is InChI=1S/C17H16Cl2N2O2S/c1-2-7-21(11-13-4-3-8-24-13)16(22)10-20-17(23)12-5-6-14(18)15(19)9-12/h2-6,8-9H,1,7,10-11H2,(H,20,23). The second-order valence-corrected chi connectivity index (χ2v) is 6.80. The lowest BCUT2D eigenvalue weighted by atomic mass is 10.2. The van der Waals surface area contributed by atoms with E-state index in [0.29, 0.717) is 28.7 Å². The Kier molecular flexibility index (Phi) is 6.85. The third kappa shape index (κ3) is 5.09. The van der Waals surface area contributed by atoms with E-state index in [1.165, 1.54) is 6.07 Å². The molecule has 126 valence electrons. The van der Waals surface area contributed by atoms with Gasteiger partial charge >= 0.3 is 0 Å². The number of carbonyl (C=O) groups is 2. The summed E-state index contributed by atoms with van der Waals surface area (Å²) in [4.78, 5) is 27.1. The van der Waals surface area contributed by atoms with E-state index in [1.807, 2.05) is 17.5 Å². The number of thiophene rings is 1. The van der Waals surface area contributed by atoms with Crippen molar-refractivity contribution >= 4 is 46.4 Å². The molecule has 24 heavy (non-hydrogen) atoms. The molecule has 0 atom stereocenters. The van der Waals surface area contributed by atoms with Gasteiger partial charge in [0.2, 0.25) is 5.91 Å². The molecule has 0 saturated heterocycles. The van der Waals surface area contributed by atoms with Crippen LogP contribution in [0.1, 0.15) is 15.2 Å². The molecular weight excluding hydrogens is 367 g/mol. The largest absolute Gasteiger partial charge is 0.343 e. The first-order valence-corrected chi connectivity index (χ1v) is 8.79. The molecule has 1 aromatic heterocycles. The summed E-state index contributed by atoms with van der Waals surface area (Å²) in [6.45, 7) is 4.48. The van der Waals surface area contributed by atoms with E-state index in [0.717, 1.165) is 4.88 Å². The lowest BCUT2D eigenvalue weighted by molar-refractivity contribution is -0.130. The first-order valence-electron chi connectivity index (χ1n) is 7.15.